The van der Waals surface area contributed by atoms with Crippen LogP contribution in [0.2, 0.25) is 0 Å². The third-order valence-electron chi connectivity index (χ3n) is 4.78. The van der Waals surface area contributed by atoms with Crippen LogP contribution in [0, 0.1) is 0 Å². The maximum atomic E-state index is 12.3. The molecule has 4 atom stereocenters. The molecular formula is C18H26N4O8S2. The Labute approximate surface area is 192 Å². The molecule has 2 aliphatic heterocycles. The van der Waals surface area contributed by atoms with Crippen molar-refractivity contribution >= 4 is 57.2 Å². The van der Waals surface area contributed by atoms with Crippen LogP contribution in [-0.4, -0.2) is 85.5 Å². The minimum absolute atomic E-state index is 0.129. The topological polar surface area (TPSA) is 169 Å². The molecule has 2 heterocycles. The van der Waals surface area contributed by atoms with Crippen molar-refractivity contribution in [2.75, 3.05) is 25.7 Å². The first kappa shape index (κ1) is 25.8. The van der Waals surface area contributed by atoms with E-state index in [1.807, 2.05) is 0 Å². The molecule has 0 unspecified atom stereocenters. The third kappa shape index (κ3) is 7.58. The normalized spacial score (nSPS) is 21.7. The van der Waals surface area contributed by atoms with Gasteiger partial charge in [0.1, 0.15) is 24.2 Å². The second-order valence-electron chi connectivity index (χ2n) is 7.06. The van der Waals surface area contributed by atoms with E-state index in [1.54, 1.807) is 0 Å². The summed E-state index contributed by atoms with van der Waals surface area (Å²) in [6, 6.07) is -3.30. The zero-order valence-electron chi connectivity index (χ0n) is 17.6. The number of ether oxygens (including phenoxy) is 2. The van der Waals surface area contributed by atoms with Gasteiger partial charge >= 0.3 is 11.9 Å². The Morgan fingerprint density at radius 1 is 0.844 bits per heavy atom. The van der Waals surface area contributed by atoms with Gasteiger partial charge in [0.15, 0.2) is 0 Å². The minimum Gasteiger partial charge on any atom is -0.467 e. The van der Waals surface area contributed by atoms with Gasteiger partial charge in [0, 0.05) is 24.3 Å². The van der Waals surface area contributed by atoms with E-state index >= 15 is 0 Å². The van der Waals surface area contributed by atoms with E-state index in [4.69, 9.17) is 9.47 Å². The van der Waals surface area contributed by atoms with E-state index in [0.29, 0.717) is 12.8 Å². The Bertz CT molecular complexity index is 703. The van der Waals surface area contributed by atoms with Crippen LogP contribution in [0.15, 0.2) is 0 Å². The Hall–Kier alpha value is -2.48. The molecule has 4 N–H and O–H groups in total. The number of methoxy groups -OCH3 is 2. The summed E-state index contributed by atoms with van der Waals surface area (Å²) < 4.78 is 9.44. The average molecular weight is 491 g/mol. The number of carbonyl (C=O) groups is 6. The van der Waals surface area contributed by atoms with Crippen LogP contribution >= 0.6 is 21.6 Å². The van der Waals surface area contributed by atoms with Crippen LogP contribution in [-0.2, 0) is 38.2 Å². The molecule has 4 amide bonds. The number of carbonyl (C=O) groups excluding carboxylic acids is 6. The van der Waals surface area contributed by atoms with Crippen LogP contribution in [0.4, 0.5) is 0 Å². The highest BCUT2D eigenvalue weighted by Crippen LogP contribution is 2.24. The maximum Gasteiger partial charge on any atom is 0.329 e. The fraction of sp³-hybridized carbons (Fsp3) is 0.667. The highest BCUT2D eigenvalue weighted by atomic mass is 33.1. The lowest BCUT2D eigenvalue weighted by Gasteiger charge is -2.20. The van der Waals surface area contributed by atoms with Crippen LogP contribution in [0.3, 0.4) is 0 Å². The maximum absolute atomic E-state index is 12.3. The molecule has 12 nitrogen and oxygen atoms in total. The van der Waals surface area contributed by atoms with Crippen molar-refractivity contribution in [3.63, 3.8) is 0 Å². The average Bonchev–Trinajstić information content (AvgIpc) is 3.41. The van der Waals surface area contributed by atoms with E-state index in [1.165, 1.54) is 35.8 Å². The van der Waals surface area contributed by atoms with Crippen LogP contribution in [0.1, 0.15) is 25.7 Å². The number of hydrogen-bond donors (Lipinski definition) is 4. The number of amides is 4. The van der Waals surface area contributed by atoms with Gasteiger partial charge < -0.3 is 30.7 Å². The van der Waals surface area contributed by atoms with Gasteiger partial charge in [-0.05, 0) is 12.8 Å². The molecule has 0 spiro atoms. The lowest BCUT2D eigenvalue weighted by Crippen LogP contribution is -2.50. The van der Waals surface area contributed by atoms with Gasteiger partial charge in [-0.1, -0.05) is 21.6 Å². The molecule has 0 aliphatic carbocycles. The van der Waals surface area contributed by atoms with Crippen molar-refractivity contribution in [3.05, 3.63) is 0 Å². The Kier molecular flexibility index (Phi) is 10.1. The molecule has 2 aliphatic rings. The van der Waals surface area contributed by atoms with Crippen LogP contribution in [0.5, 0.6) is 0 Å². The molecule has 32 heavy (non-hydrogen) atoms. The molecule has 14 heteroatoms. The van der Waals surface area contributed by atoms with E-state index in [-0.39, 0.29) is 36.2 Å². The quantitative estimate of drug-likeness (QED) is 0.148. The number of hydrogen-bond acceptors (Lipinski definition) is 10. The summed E-state index contributed by atoms with van der Waals surface area (Å²) >= 11 is 0. The van der Waals surface area contributed by atoms with Crippen molar-refractivity contribution in [2.24, 2.45) is 0 Å². The predicted octanol–water partition coefficient (Wildman–Crippen LogP) is -1.76. The molecule has 2 rings (SSSR count). The van der Waals surface area contributed by atoms with Gasteiger partial charge in [0.2, 0.25) is 23.6 Å². The molecule has 2 saturated heterocycles. The molecule has 0 bridgehead atoms. The number of esters is 2. The highest BCUT2D eigenvalue weighted by molar-refractivity contribution is 8.76. The minimum atomic E-state index is -0.956. The summed E-state index contributed by atoms with van der Waals surface area (Å²) in [5, 5.41) is 10.2. The van der Waals surface area contributed by atoms with E-state index in [0.717, 1.165) is 0 Å². The molecule has 0 aromatic rings. The SMILES string of the molecule is COC(=O)[C@H](CSSC[C@H](NC(=O)[C@H]1CCC(=O)N1)C(=O)OC)NC(=O)[C@H]1CCC(=O)N1. The van der Waals surface area contributed by atoms with E-state index in [2.05, 4.69) is 21.3 Å². The van der Waals surface area contributed by atoms with Gasteiger partial charge in [-0.15, -0.1) is 0 Å². The van der Waals surface area contributed by atoms with Gasteiger partial charge in [0.25, 0.3) is 0 Å². The zero-order valence-corrected chi connectivity index (χ0v) is 19.3. The molecular weight excluding hydrogens is 464 g/mol. The van der Waals surface area contributed by atoms with Gasteiger partial charge in [-0.25, -0.2) is 9.59 Å². The summed E-state index contributed by atoms with van der Waals surface area (Å²) in [7, 11) is 4.77. The van der Waals surface area contributed by atoms with Crippen molar-refractivity contribution in [1.82, 2.24) is 21.3 Å². The second kappa shape index (κ2) is 12.5. The summed E-state index contributed by atoms with van der Waals surface area (Å²) in [4.78, 5) is 71.1. The number of nitrogens with one attached hydrogen (secondary N) is 4. The molecule has 178 valence electrons. The summed E-state index contributed by atoms with van der Waals surface area (Å²) in [6.45, 7) is 0. The fourth-order valence-corrected chi connectivity index (χ4v) is 5.32. The highest BCUT2D eigenvalue weighted by Gasteiger charge is 2.32. The van der Waals surface area contributed by atoms with Gasteiger partial charge in [-0.2, -0.15) is 0 Å². The number of rotatable bonds is 11. The van der Waals surface area contributed by atoms with Gasteiger partial charge in [0.05, 0.1) is 14.2 Å². The summed E-state index contributed by atoms with van der Waals surface area (Å²) in [5.41, 5.74) is 0. The lowest BCUT2D eigenvalue weighted by atomic mass is 10.2. The van der Waals surface area contributed by atoms with Crippen molar-refractivity contribution < 1.29 is 38.2 Å². The first-order valence-electron chi connectivity index (χ1n) is 9.84. The first-order chi connectivity index (χ1) is 15.2. The standard InChI is InChI=1S/C18H26N4O8S2/c1-29-17(27)11(21-15(25)9-3-5-13(23)19-9)7-31-32-8-12(18(28)30-2)22-16(26)10-4-6-14(24)20-10/h9-12H,3-8H2,1-2H3,(H,19,23)(H,20,24)(H,21,25)(H,22,26)/t9-,10-,11+,12+/m1/s1. The monoisotopic (exact) mass is 490 g/mol. The predicted molar refractivity (Wildman–Crippen MR) is 115 cm³/mol. The van der Waals surface area contributed by atoms with E-state index < -0.39 is 47.9 Å². The Morgan fingerprint density at radius 2 is 1.22 bits per heavy atom. The zero-order chi connectivity index (χ0) is 23.7. The molecule has 0 radical (unpaired) electrons. The van der Waals surface area contributed by atoms with Crippen molar-refractivity contribution in [2.45, 2.75) is 49.9 Å². The largest absolute Gasteiger partial charge is 0.467 e. The van der Waals surface area contributed by atoms with Crippen molar-refractivity contribution in [3.8, 4) is 0 Å². The molecule has 0 aromatic heterocycles. The molecule has 0 saturated carbocycles. The molecule has 2 fully saturated rings. The second-order valence-corrected chi connectivity index (χ2v) is 9.61. The fourth-order valence-electron chi connectivity index (χ4n) is 3.02. The molecule has 0 aromatic carbocycles. The smallest absolute Gasteiger partial charge is 0.329 e. The van der Waals surface area contributed by atoms with Crippen molar-refractivity contribution in [1.29, 1.82) is 0 Å². The first-order valence-corrected chi connectivity index (χ1v) is 12.3. The van der Waals surface area contributed by atoms with Crippen LogP contribution in [0.25, 0.3) is 0 Å². The van der Waals surface area contributed by atoms with E-state index in [9.17, 15) is 28.8 Å². The summed E-state index contributed by atoms with van der Waals surface area (Å²) in [5.74, 6) is -2.44. The third-order valence-corrected chi connectivity index (χ3v) is 7.20. The lowest BCUT2D eigenvalue weighted by molar-refractivity contribution is -0.145. The Morgan fingerprint density at radius 3 is 1.50 bits per heavy atom. The van der Waals surface area contributed by atoms with Crippen LogP contribution < -0.4 is 21.3 Å². The summed E-state index contributed by atoms with van der Waals surface area (Å²) in [6.07, 6.45) is 1.19. The Balaban J connectivity index is 1.83. The van der Waals surface area contributed by atoms with Gasteiger partial charge in [-0.3, -0.25) is 19.2 Å².